The summed E-state index contributed by atoms with van der Waals surface area (Å²) in [5, 5.41) is 6.47. The third-order valence-corrected chi connectivity index (χ3v) is 6.24. The Morgan fingerprint density at radius 2 is 2.00 bits per heavy atom. The van der Waals surface area contributed by atoms with Crippen LogP contribution in [0.25, 0.3) is 0 Å². The highest BCUT2D eigenvalue weighted by Gasteiger charge is 2.22. The molecule has 1 atom stereocenters. The number of amides is 1. The van der Waals surface area contributed by atoms with Gasteiger partial charge in [0.15, 0.2) is 0 Å². The SMILES string of the molecule is CC(CC(=O)NCCNS(=O)(=O)c1cccc(Cl)c1)C1CCNCC1.Cl. The van der Waals surface area contributed by atoms with Gasteiger partial charge in [0, 0.05) is 24.5 Å². The van der Waals surface area contributed by atoms with E-state index in [2.05, 4.69) is 22.3 Å². The van der Waals surface area contributed by atoms with Crippen molar-refractivity contribution in [1.82, 2.24) is 15.4 Å². The lowest BCUT2D eigenvalue weighted by Crippen LogP contribution is -2.36. The van der Waals surface area contributed by atoms with Gasteiger partial charge in [0.2, 0.25) is 15.9 Å². The largest absolute Gasteiger partial charge is 0.355 e. The third kappa shape index (κ3) is 7.40. The molecular weight excluding hydrogens is 397 g/mol. The molecule has 0 radical (unpaired) electrons. The Morgan fingerprint density at radius 1 is 1.31 bits per heavy atom. The molecule has 1 saturated heterocycles. The van der Waals surface area contributed by atoms with Crippen LogP contribution in [0.5, 0.6) is 0 Å². The van der Waals surface area contributed by atoms with Gasteiger partial charge in [-0.25, -0.2) is 13.1 Å². The second kappa shape index (κ2) is 11.1. The first-order chi connectivity index (χ1) is 11.9. The summed E-state index contributed by atoms with van der Waals surface area (Å²) in [7, 11) is -3.61. The molecule has 1 heterocycles. The van der Waals surface area contributed by atoms with E-state index in [0.29, 0.717) is 23.3 Å². The van der Waals surface area contributed by atoms with E-state index in [9.17, 15) is 13.2 Å². The number of halogens is 2. The normalized spacial score (nSPS) is 16.5. The van der Waals surface area contributed by atoms with Gasteiger partial charge in [0.25, 0.3) is 0 Å². The Balaban J connectivity index is 0.00000338. The Kier molecular flexibility index (Phi) is 9.89. The Bertz CT molecular complexity index is 680. The zero-order valence-electron chi connectivity index (χ0n) is 14.8. The van der Waals surface area contributed by atoms with Crippen LogP contribution in [0.3, 0.4) is 0 Å². The average molecular weight is 424 g/mol. The van der Waals surface area contributed by atoms with E-state index in [4.69, 9.17) is 11.6 Å². The van der Waals surface area contributed by atoms with Gasteiger partial charge in [0.05, 0.1) is 4.90 Å². The lowest BCUT2D eigenvalue weighted by atomic mass is 9.84. The van der Waals surface area contributed by atoms with E-state index < -0.39 is 10.0 Å². The fourth-order valence-corrected chi connectivity index (χ4v) is 4.38. The zero-order chi connectivity index (χ0) is 18.3. The lowest BCUT2D eigenvalue weighted by molar-refractivity contribution is -0.122. The summed E-state index contributed by atoms with van der Waals surface area (Å²) in [6.45, 7) is 4.54. The Labute approximate surface area is 166 Å². The third-order valence-electron chi connectivity index (χ3n) is 4.54. The lowest BCUT2D eigenvalue weighted by Gasteiger charge is -2.27. The van der Waals surface area contributed by atoms with Crippen molar-refractivity contribution >= 4 is 39.9 Å². The van der Waals surface area contributed by atoms with Crippen molar-refractivity contribution in [2.24, 2.45) is 11.8 Å². The molecule has 1 unspecified atom stereocenters. The minimum atomic E-state index is -3.61. The van der Waals surface area contributed by atoms with Crippen LogP contribution in [0.1, 0.15) is 26.2 Å². The Morgan fingerprint density at radius 3 is 2.65 bits per heavy atom. The molecule has 0 spiro atoms. The Hall–Kier alpha value is -0.860. The highest BCUT2D eigenvalue weighted by atomic mass is 35.5. The molecule has 1 aromatic rings. The number of carbonyl (C=O) groups is 1. The van der Waals surface area contributed by atoms with E-state index in [-0.39, 0.29) is 36.3 Å². The monoisotopic (exact) mass is 423 g/mol. The maximum Gasteiger partial charge on any atom is 0.240 e. The predicted molar refractivity (Wildman–Crippen MR) is 106 cm³/mol. The summed E-state index contributed by atoms with van der Waals surface area (Å²) < 4.78 is 26.7. The molecule has 6 nitrogen and oxygen atoms in total. The van der Waals surface area contributed by atoms with E-state index in [1.165, 1.54) is 12.1 Å². The van der Waals surface area contributed by atoms with Crippen LogP contribution in [-0.2, 0) is 14.8 Å². The van der Waals surface area contributed by atoms with Crippen LogP contribution < -0.4 is 15.4 Å². The molecule has 1 amide bonds. The quantitative estimate of drug-likeness (QED) is 0.559. The van der Waals surface area contributed by atoms with Crippen molar-refractivity contribution in [3.63, 3.8) is 0 Å². The maximum atomic E-state index is 12.1. The van der Waals surface area contributed by atoms with Crippen molar-refractivity contribution in [1.29, 1.82) is 0 Å². The number of hydrogen-bond donors (Lipinski definition) is 3. The molecule has 2 rings (SSSR count). The van der Waals surface area contributed by atoms with Crippen LogP contribution in [0.4, 0.5) is 0 Å². The molecule has 1 fully saturated rings. The first kappa shape index (κ1) is 23.2. The van der Waals surface area contributed by atoms with Crippen LogP contribution in [0.2, 0.25) is 5.02 Å². The van der Waals surface area contributed by atoms with Crippen molar-refractivity contribution in [3.05, 3.63) is 29.3 Å². The van der Waals surface area contributed by atoms with Gasteiger partial charge >= 0.3 is 0 Å². The fraction of sp³-hybridized carbons (Fsp3) is 0.588. The number of hydrogen-bond acceptors (Lipinski definition) is 4. The highest BCUT2D eigenvalue weighted by Crippen LogP contribution is 2.24. The summed E-state index contributed by atoms with van der Waals surface area (Å²) >= 11 is 5.81. The van der Waals surface area contributed by atoms with Crippen molar-refractivity contribution < 1.29 is 13.2 Å². The summed E-state index contributed by atoms with van der Waals surface area (Å²) in [5.41, 5.74) is 0. The maximum absolute atomic E-state index is 12.1. The first-order valence-corrected chi connectivity index (χ1v) is 10.5. The molecule has 1 aliphatic rings. The molecule has 1 aromatic carbocycles. The van der Waals surface area contributed by atoms with Gasteiger partial charge in [-0.3, -0.25) is 4.79 Å². The minimum absolute atomic E-state index is 0. The van der Waals surface area contributed by atoms with Crippen LogP contribution >= 0.6 is 24.0 Å². The smallest absolute Gasteiger partial charge is 0.240 e. The van der Waals surface area contributed by atoms with Crippen molar-refractivity contribution in [3.8, 4) is 0 Å². The molecular formula is C17H27Cl2N3O3S. The molecule has 0 aromatic heterocycles. The number of rotatable bonds is 8. The van der Waals surface area contributed by atoms with E-state index in [1.54, 1.807) is 12.1 Å². The topological polar surface area (TPSA) is 87.3 Å². The molecule has 3 N–H and O–H groups in total. The number of nitrogens with one attached hydrogen (secondary N) is 3. The van der Waals surface area contributed by atoms with Crippen LogP contribution in [0, 0.1) is 11.8 Å². The van der Waals surface area contributed by atoms with Crippen molar-refractivity contribution in [2.75, 3.05) is 26.2 Å². The van der Waals surface area contributed by atoms with Crippen LogP contribution in [-0.4, -0.2) is 40.5 Å². The molecule has 26 heavy (non-hydrogen) atoms. The molecule has 0 bridgehead atoms. The number of benzene rings is 1. The van der Waals surface area contributed by atoms with E-state index in [0.717, 1.165) is 25.9 Å². The van der Waals surface area contributed by atoms with Gasteiger partial charge in [-0.1, -0.05) is 24.6 Å². The second-order valence-electron chi connectivity index (χ2n) is 6.47. The first-order valence-electron chi connectivity index (χ1n) is 8.61. The number of sulfonamides is 1. The van der Waals surface area contributed by atoms with E-state index in [1.807, 2.05) is 0 Å². The second-order valence-corrected chi connectivity index (χ2v) is 8.68. The van der Waals surface area contributed by atoms with Crippen LogP contribution in [0.15, 0.2) is 29.2 Å². The summed E-state index contributed by atoms with van der Waals surface area (Å²) in [6, 6.07) is 6.07. The van der Waals surface area contributed by atoms with E-state index >= 15 is 0 Å². The summed E-state index contributed by atoms with van der Waals surface area (Å²) in [5.74, 6) is 0.881. The van der Waals surface area contributed by atoms with Gasteiger partial charge in [-0.15, -0.1) is 12.4 Å². The summed E-state index contributed by atoms with van der Waals surface area (Å²) in [4.78, 5) is 12.1. The zero-order valence-corrected chi connectivity index (χ0v) is 17.2. The van der Waals surface area contributed by atoms with Gasteiger partial charge in [-0.2, -0.15) is 0 Å². The van der Waals surface area contributed by atoms with Gasteiger partial charge in [-0.05, 0) is 56.0 Å². The van der Waals surface area contributed by atoms with Gasteiger partial charge < -0.3 is 10.6 Å². The molecule has 1 aliphatic heterocycles. The average Bonchev–Trinajstić information content (AvgIpc) is 2.59. The molecule has 9 heteroatoms. The standard InChI is InChI=1S/C17H26ClN3O3S.ClH/c1-13(14-5-7-19-8-6-14)11-17(22)20-9-10-21-25(23,24)16-4-2-3-15(18)12-16;/h2-4,12-14,19,21H,5-11H2,1H3,(H,20,22);1H. The molecule has 0 saturated carbocycles. The minimum Gasteiger partial charge on any atom is -0.355 e. The van der Waals surface area contributed by atoms with Gasteiger partial charge in [0.1, 0.15) is 0 Å². The summed E-state index contributed by atoms with van der Waals surface area (Å²) in [6.07, 6.45) is 2.69. The highest BCUT2D eigenvalue weighted by molar-refractivity contribution is 7.89. The van der Waals surface area contributed by atoms with Crippen molar-refractivity contribution in [2.45, 2.75) is 31.1 Å². The molecule has 0 aliphatic carbocycles. The number of carbonyl (C=O) groups excluding carboxylic acids is 1. The fourth-order valence-electron chi connectivity index (χ4n) is 3.05. The predicted octanol–water partition coefficient (Wildman–Crippen LogP) is 2.18. The number of piperidine rings is 1. The molecule has 148 valence electrons.